The number of rotatable bonds is 26. The van der Waals surface area contributed by atoms with Crippen molar-refractivity contribution in [3.05, 3.63) is 146 Å². The number of aryl methyl sites for hydroxylation is 1. The summed E-state index contributed by atoms with van der Waals surface area (Å²) in [5, 5.41) is 8.81. The van der Waals surface area contributed by atoms with Gasteiger partial charge in [-0.15, -0.1) is 0 Å². The highest BCUT2D eigenvalue weighted by atomic mass is 79.9. The minimum atomic E-state index is -0.506. The maximum atomic E-state index is 15.1. The lowest BCUT2D eigenvalue weighted by molar-refractivity contribution is -0.122. The van der Waals surface area contributed by atoms with Crippen LogP contribution in [0.2, 0.25) is 10.0 Å². The maximum Gasteiger partial charge on any atom is 0.326 e. The molecule has 17 heteroatoms. The molecule has 8 rings (SSSR count). The topological polar surface area (TPSA) is 143 Å². The molecular formula is C62H75BrCl2N8O6. The van der Waals surface area contributed by atoms with Crippen molar-refractivity contribution in [3.8, 4) is 23.0 Å². The quantitative estimate of drug-likeness (QED) is 0.0504. The summed E-state index contributed by atoms with van der Waals surface area (Å²) in [5.41, 5.74) is 4.44. The van der Waals surface area contributed by atoms with E-state index in [4.69, 9.17) is 57.1 Å². The number of methoxy groups -OCH3 is 2. The zero-order chi connectivity index (χ0) is 55.8. The molecule has 420 valence electrons. The molecular weight excluding hydrogens is 1100 g/mol. The maximum absolute atomic E-state index is 15.1. The van der Waals surface area contributed by atoms with E-state index in [0.29, 0.717) is 89.6 Å². The molecule has 14 nitrogen and oxygen atoms in total. The van der Waals surface area contributed by atoms with Gasteiger partial charge in [0.15, 0.2) is 11.5 Å². The first-order valence-corrected chi connectivity index (χ1v) is 29.4. The Bertz CT molecular complexity index is 3010. The van der Waals surface area contributed by atoms with E-state index in [1.165, 1.54) is 32.1 Å². The van der Waals surface area contributed by atoms with E-state index < -0.39 is 12.1 Å². The SMILES string of the molecule is COc1ccc(C2=N[C@@H](c3ccc(Cl)cc3)[C@@H](c3ccc(Cl)cc3)N2C(=O)N2CCN(CC(=O)NCCCCCCCCCCCCOc3cc4nc(C)nc(N[C@H](C)c5cccc(Br)c5)c4cc3OC)CC2)c(OC(C)C)c1. The van der Waals surface area contributed by atoms with Crippen LogP contribution in [0.1, 0.15) is 131 Å². The van der Waals surface area contributed by atoms with Crippen LogP contribution in [0.15, 0.2) is 113 Å². The minimum absolute atomic E-state index is 0.0100. The fourth-order valence-electron chi connectivity index (χ4n) is 10.3. The summed E-state index contributed by atoms with van der Waals surface area (Å²) in [5.74, 6) is 4.51. The molecule has 0 radical (unpaired) electrons. The predicted molar refractivity (Wildman–Crippen MR) is 321 cm³/mol. The molecule has 0 unspecified atom stereocenters. The fourth-order valence-corrected chi connectivity index (χ4v) is 10.9. The molecule has 2 N–H and O–H groups in total. The van der Waals surface area contributed by atoms with Crippen molar-refractivity contribution in [3.63, 3.8) is 0 Å². The largest absolute Gasteiger partial charge is 0.497 e. The number of anilines is 1. The van der Waals surface area contributed by atoms with Crippen LogP contribution in [0.25, 0.3) is 10.9 Å². The monoisotopic (exact) mass is 1180 g/mol. The first-order valence-electron chi connectivity index (χ1n) is 27.8. The lowest BCUT2D eigenvalue weighted by atomic mass is 9.93. The summed E-state index contributed by atoms with van der Waals surface area (Å²) in [6.45, 7) is 11.5. The molecule has 6 aromatic rings. The highest BCUT2D eigenvalue weighted by molar-refractivity contribution is 9.10. The number of aromatic nitrogens is 2. The summed E-state index contributed by atoms with van der Waals surface area (Å²) in [7, 11) is 3.28. The molecule has 0 bridgehead atoms. The Labute approximate surface area is 484 Å². The number of ether oxygens (including phenoxy) is 4. The van der Waals surface area contributed by atoms with Gasteiger partial charge in [-0.2, -0.15) is 0 Å². The van der Waals surface area contributed by atoms with Crippen LogP contribution in [-0.4, -0.2) is 109 Å². The Balaban J connectivity index is 0.735. The van der Waals surface area contributed by atoms with Gasteiger partial charge in [0.25, 0.3) is 0 Å². The van der Waals surface area contributed by atoms with E-state index in [1.807, 2.05) is 122 Å². The van der Waals surface area contributed by atoms with Crippen molar-refractivity contribution in [1.82, 2.24) is 30.0 Å². The lowest BCUT2D eigenvalue weighted by Crippen LogP contribution is -2.55. The van der Waals surface area contributed by atoms with E-state index >= 15 is 4.79 Å². The van der Waals surface area contributed by atoms with Gasteiger partial charge in [0.2, 0.25) is 5.91 Å². The number of unbranched alkanes of at least 4 members (excludes halogenated alkanes) is 9. The second kappa shape index (κ2) is 28.8. The summed E-state index contributed by atoms with van der Waals surface area (Å²) < 4.78 is 25.0. The fraction of sp³-hybridized carbons (Fsp3) is 0.435. The molecule has 1 fully saturated rings. The smallest absolute Gasteiger partial charge is 0.326 e. The minimum Gasteiger partial charge on any atom is -0.497 e. The molecule has 79 heavy (non-hydrogen) atoms. The van der Waals surface area contributed by atoms with Crippen molar-refractivity contribution in [2.75, 3.05) is 65.4 Å². The Kier molecular flexibility index (Phi) is 21.5. The number of piperazine rings is 1. The van der Waals surface area contributed by atoms with Crippen molar-refractivity contribution in [1.29, 1.82) is 0 Å². The lowest BCUT2D eigenvalue weighted by Gasteiger charge is -2.39. The van der Waals surface area contributed by atoms with E-state index in [0.717, 1.165) is 70.0 Å². The second-order valence-electron chi connectivity index (χ2n) is 20.7. The molecule has 2 aliphatic heterocycles. The zero-order valence-corrected chi connectivity index (χ0v) is 49.5. The van der Waals surface area contributed by atoms with Crippen LogP contribution < -0.4 is 29.6 Å². The third kappa shape index (κ3) is 16.0. The van der Waals surface area contributed by atoms with Crippen LogP contribution in [-0.2, 0) is 4.79 Å². The van der Waals surface area contributed by atoms with Gasteiger partial charge in [0, 0.05) is 64.8 Å². The summed E-state index contributed by atoms with van der Waals surface area (Å²) in [6, 6.07) is 31.9. The van der Waals surface area contributed by atoms with Crippen molar-refractivity contribution in [2.24, 2.45) is 4.99 Å². The number of aliphatic imine (C=N–C) groups is 1. The molecule has 5 aromatic carbocycles. The highest BCUT2D eigenvalue weighted by Crippen LogP contribution is 2.46. The number of hydrogen-bond acceptors (Lipinski definition) is 11. The van der Waals surface area contributed by atoms with Gasteiger partial charge in [-0.1, -0.05) is 127 Å². The average molecular weight is 1180 g/mol. The molecule has 3 amide bonds. The van der Waals surface area contributed by atoms with E-state index in [1.54, 1.807) is 14.2 Å². The predicted octanol–water partition coefficient (Wildman–Crippen LogP) is 14.4. The first-order chi connectivity index (χ1) is 38.3. The highest BCUT2D eigenvalue weighted by Gasteiger charge is 2.45. The van der Waals surface area contributed by atoms with Crippen LogP contribution in [0.3, 0.4) is 0 Å². The first kappa shape index (κ1) is 59.0. The van der Waals surface area contributed by atoms with Crippen LogP contribution in [0, 0.1) is 6.92 Å². The van der Waals surface area contributed by atoms with Crippen molar-refractivity contribution >= 4 is 73.6 Å². The Hall–Kier alpha value is -6.13. The number of urea groups is 1. The van der Waals surface area contributed by atoms with Gasteiger partial charge >= 0.3 is 6.03 Å². The second-order valence-corrected chi connectivity index (χ2v) is 22.5. The number of amidine groups is 1. The van der Waals surface area contributed by atoms with Crippen LogP contribution >= 0.6 is 39.1 Å². The van der Waals surface area contributed by atoms with Crippen LogP contribution in [0.4, 0.5) is 10.6 Å². The molecule has 1 aromatic heterocycles. The molecule has 3 heterocycles. The van der Waals surface area contributed by atoms with Gasteiger partial charge in [-0.05, 0) is 112 Å². The number of carbonyl (C=O) groups is 2. The van der Waals surface area contributed by atoms with Crippen LogP contribution in [0.5, 0.6) is 23.0 Å². The number of nitrogens with zero attached hydrogens (tertiary/aromatic N) is 6. The van der Waals surface area contributed by atoms with E-state index in [2.05, 4.69) is 50.5 Å². The third-order valence-corrected chi connectivity index (χ3v) is 15.4. The molecule has 1 saturated heterocycles. The number of amides is 3. The standard InChI is InChI=1S/C62H75BrCl2N8O6/c1-41(2)79-54-37-50(76-5)28-29-51(54)61-70-58(44-20-24-48(64)25-21-44)59(45-22-26-49(65)27-23-45)73(61)62(75)72-33-31-71(32-34-72)40-57(74)66-30-15-13-11-9-7-8-10-12-14-16-35-78-56-39-53-52(38-55(56)77-6)60(69-43(4)68-53)67-42(3)46-18-17-19-47(63)36-46/h17-29,36-39,41-42,58-59H,7-16,30-35,40H2,1-6H3,(H,66,74)(H,67,68,69)/t42-,58+,59-/m1/s1. The van der Waals surface area contributed by atoms with E-state index in [9.17, 15) is 4.79 Å². The number of hydrogen-bond donors (Lipinski definition) is 2. The molecule has 0 spiro atoms. The number of fused-ring (bicyclic) bond motifs is 1. The Morgan fingerprint density at radius 3 is 2.03 bits per heavy atom. The summed E-state index contributed by atoms with van der Waals surface area (Å²) in [4.78, 5) is 48.8. The van der Waals surface area contributed by atoms with Gasteiger partial charge in [-0.3, -0.25) is 19.6 Å². The molecule has 2 aliphatic rings. The van der Waals surface area contributed by atoms with Crippen molar-refractivity contribution < 1.29 is 28.5 Å². The normalized spacial score (nSPS) is 16.0. The molecule has 0 aliphatic carbocycles. The summed E-state index contributed by atoms with van der Waals surface area (Å²) in [6.07, 6.45) is 11.2. The zero-order valence-electron chi connectivity index (χ0n) is 46.4. The number of carbonyl (C=O) groups excluding carboxylic acids is 2. The van der Waals surface area contributed by atoms with Gasteiger partial charge in [0.1, 0.15) is 35.0 Å². The third-order valence-electron chi connectivity index (χ3n) is 14.4. The summed E-state index contributed by atoms with van der Waals surface area (Å²) >= 11 is 16.4. The average Bonchev–Trinajstić information content (AvgIpc) is 4.11. The number of halogens is 3. The Morgan fingerprint density at radius 1 is 0.722 bits per heavy atom. The van der Waals surface area contributed by atoms with E-state index in [-0.39, 0.29) is 30.6 Å². The van der Waals surface area contributed by atoms with Crippen molar-refractivity contribution in [2.45, 2.75) is 116 Å². The molecule has 0 saturated carbocycles. The number of benzene rings is 5. The van der Waals surface area contributed by atoms with Gasteiger partial charge in [-0.25, -0.2) is 14.8 Å². The molecule has 3 atom stereocenters. The van der Waals surface area contributed by atoms with Gasteiger partial charge < -0.3 is 34.5 Å². The Morgan fingerprint density at radius 2 is 1.38 bits per heavy atom. The van der Waals surface area contributed by atoms with Gasteiger partial charge in [0.05, 0.1) is 56.6 Å². The number of nitrogens with one attached hydrogen (secondary N) is 2.